The molecular weight excluding hydrogens is 192 g/mol. The van der Waals surface area contributed by atoms with E-state index in [1.54, 1.807) is 10.9 Å². The van der Waals surface area contributed by atoms with Gasteiger partial charge in [0.15, 0.2) is 0 Å². The lowest BCUT2D eigenvalue weighted by Gasteiger charge is -2.02. The summed E-state index contributed by atoms with van der Waals surface area (Å²) in [4.78, 5) is 7.99. The first-order valence-corrected chi connectivity index (χ1v) is 4.54. The van der Waals surface area contributed by atoms with E-state index in [4.69, 9.17) is 5.73 Å². The van der Waals surface area contributed by atoms with Gasteiger partial charge in [-0.1, -0.05) is 0 Å². The van der Waals surface area contributed by atoms with Gasteiger partial charge in [0.25, 0.3) is 0 Å². The van der Waals surface area contributed by atoms with Crippen LogP contribution in [0.25, 0.3) is 0 Å². The number of nitrogens with two attached hydrogens (primary N) is 1. The molecule has 0 saturated carbocycles. The van der Waals surface area contributed by atoms with Gasteiger partial charge in [0.2, 0.25) is 0 Å². The molecule has 0 atom stereocenters. The van der Waals surface area contributed by atoms with E-state index in [0.29, 0.717) is 18.2 Å². The van der Waals surface area contributed by atoms with Crippen LogP contribution in [-0.2, 0) is 13.6 Å². The summed E-state index contributed by atoms with van der Waals surface area (Å²) in [6.07, 6.45) is 5.00. The second-order valence-electron chi connectivity index (χ2n) is 3.16. The molecule has 0 unspecified atom stereocenters. The van der Waals surface area contributed by atoms with E-state index < -0.39 is 0 Å². The van der Waals surface area contributed by atoms with Crippen molar-refractivity contribution >= 4 is 11.6 Å². The van der Waals surface area contributed by atoms with Crippen LogP contribution in [0.15, 0.2) is 24.7 Å². The Hall–Kier alpha value is -2.11. The molecule has 0 aromatic carbocycles. The number of hydrogen-bond acceptors (Lipinski definition) is 5. The van der Waals surface area contributed by atoms with Crippen molar-refractivity contribution in [3.63, 3.8) is 0 Å². The molecular formula is C9H12N6. The fourth-order valence-corrected chi connectivity index (χ4v) is 1.17. The van der Waals surface area contributed by atoms with Crippen LogP contribution >= 0.6 is 0 Å². The second-order valence-corrected chi connectivity index (χ2v) is 3.16. The van der Waals surface area contributed by atoms with E-state index >= 15 is 0 Å². The fourth-order valence-electron chi connectivity index (χ4n) is 1.17. The van der Waals surface area contributed by atoms with Crippen molar-refractivity contribution in [1.29, 1.82) is 0 Å². The van der Waals surface area contributed by atoms with Crippen LogP contribution in [-0.4, -0.2) is 19.7 Å². The summed E-state index contributed by atoms with van der Waals surface area (Å²) in [6, 6.07) is 1.94. The molecule has 2 rings (SSSR count). The summed E-state index contributed by atoms with van der Waals surface area (Å²) in [5, 5.41) is 7.32. The van der Waals surface area contributed by atoms with Gasteiger partial charge in [-0.2, -0.15) is 5.10 Å². The van der Waals surface area contributed by atoms with Crippen molar-refractivity contribution in [3.8, 4) is 0 Å². The van der Waals surface area contributed by atoms with Gasteiger partial charge in [-0.3, -0.25) is 4.68 Å². The van der Waals surface area contributed by atoms with E-state index in [2.05, 4.69) is 20.4 Å². The summed E-state index contributed by atoms with van der Waals surface area (Å²) in [5.74, 6) is 1.10. The molecule has 78 valence electrons. The minimum absolute atomic E-state index is 0.415. The van der Waals surface area contributed by atoms with Crippen LogP contribution < -0.4 is 11.1 Å². The first kappa shape index (κ1) is 9.45. The molecule has 0 aliphatic rings. The van der Waals surface area contributed by atoms with Gasteiger partial charge < -0.3 is 11.1 Å². The van der Waals surface area contributed by atoms with Crippen molar-refractivity contribution in [3.05, 3.63) is 30.4 Å². The molecule has 3 N–H and O–H groups in total. The molecule has 0 aliphatic heterocycles. The maximum Gasteiger partial charge on any atom is 0.144 e. The largest absolute Gasteiger partial charge is 0.382 e. The first-order valence-electron chi connectivity index (χ1n) is 4.54. The molecule has 6 nitrogen and oxygen atoms in total. The van der Waals surface area contributed by atoms with Crippen LogP contribution in [0.3, 0.4) is 0 Å². The van der Waals surface area contributed by atoms with Crippen molar-refractivity contribution in [2.75, 3.05) is 11.1 Å². The monoisotopic (exact) mass is 204 g/mol. The number of nitrogens with zero attached hydrogens (tertiary/aromatic N) is 4. The lowest BCUT2D eigenvalue weighted by molar-refractivity contribution is 0.747. The Morgan fingerprint density at radius 3 is 2.87 bits per heavy atom. The molecule has 0 radical (unpaired) electrons. The fraction of sp³-hybridized carbons (Fsp3) is 0.222. The topological polar surface area (TPSA) is 81.7 Å². The molecule has 0 amide bonds. The van der Waals surface area contributed by atoms with E-state index in [9.17, 15) is 0 Å². The van der Waals surface area contributed by atoms with Crippen molar-refractivity contribution in [2.45, 2.75) is 6.54 Å². The van der Waals surface area contributed by atoms with E-state index in [1.807, 2.05) is 19.3 Å². The first-order chi connectivity index (χ1) is 7.24. The van der Waals surface area contributed by atoms with Crippen molar-refractivity contribution in [1.82, 2.24) is 19.7 Å². The molecule has 2 heterocycles. The van der Waals surface area contributed by atoms with Gasteiger partial charge in [-0.15, -0.1) is 0 Å². The maximum absolute atomic E-state index is 5.42. The molecule has 15 heavy (non-hydrogen) atoms. The SMILES string of the molecule is Cn1ccc(CNc2cnc(N)cn2)n1. The number of hydrogen-bond donors (Lipinski definition) is 2. The third-order valence-electron chi connectivity index (χ3n) is 1.89. The zero-order chi connectivity index (χ0) is 10.7. The minimum Gasteiger partial charge on any atom is -0.382 e. The predicted octanol–water partition coefficient (Wildman–Crippen LogP) is 0.404. The Labute approximate surface area is 87.2 Å². The van der Waals surface area contributed by atoms with E-state index in [-0.39, 0.29) is 0 Å². The third-order valence-corrected chi connectivity index (χ3v) is 1.89. The molecule has 2 aromatic rings. The zero-order valence-corrected chi connectivity index (χ0v) is 8.38. The minimum atomic E-state index is 0.415. The summed E-state index contributed by atoms with van der Waals surface area (Å²) in [7, 11) is 1.88. The van der Waals surface area contributed by atoms with Crippen LogP contribution in [0.2, 0.25) is 0 Å². The Balaban J connectivity index is 1.96. The number of rotatable bonds is 3. The molecule has 0 aliphatic carbocycles. The maximum atomic E-state index is 5.42. The summed E-state index contributed by atoms with van der Waals surface area (Å²) >= 11 is 0. The Bertz CT molecular complexity index is 432. The van der Waals surface area contributed by atoms with E-state index in [1.165, 1.54) is 6.20 Å². The van der Waals surface area contributed by atoms with Crippen LogP contribution in [0.5, 0.6) is 0 Å². The number of nitrogen functional groups attached to an aromatic ring is 1. The molecule has 6 heteroatoms. The predicted molar refractivity (Wildman–Crippen MR) is 57.0 cm³/mol. The normalized spacial score (nSPS) is 10.2. The molecule has 2 aromatic heterocycles. The smallest absolute Gasteiger partial charge is 0.144 e. The Morgan fingerprint density at radius 2 is 2.27 bits per heavy atom. The molecule has 0 spiro atoms. The quantitative estimate of drug-likeness (QED) is 0.756. The number of anilines is 2. The number of aryl methyl sites for hydroxylation is 1. The lowest BCUT2D eigenvalue weighted by Crippen LogP contribution is -2.03. The highest BCUT2D eigenvalue weighted by molar-refractivity contribution is 5.36. The van der Waals surface area contributed by atoms with Crippen LogP contribution in [0.1, 0.15) is 5.69 Å². The van der Waals surface area contributed by atoms with Gasteiger partial charge in [0.05, 0.1) is 24.6 Å². The van der Waals surface area contributed by atoms with Gasteiger partial charge >= 0.3 is 0 Å². The highest BCUT2D eigenvalue weighted by Crippen LogP contribution is 2.03. The highest BCUT2D eigenvalue weighted by atomic mass is 15.3. The molecule has 0 saturated heterocycles. The Kier molecular flexibility index (Phi) is 2.49. The number of nitrogens with one attached hydrogen (secondary N) is 1. The van der Waals surface area contributed by atoms with Gasteiger partial charge in [-0.05, 0) is 6.07 Å². The van der Waals surface area contributed by atoms with Gasteiger partial charge in [0, 0.05) is 13.2 Å². The van der Waals surface area contributed by atoms with E-state index in [0.717, 1.165) is 5.69 Å². The van der Waals surface area contributed by atoms with Crippen molar-refractivity contribution in [2.24, 2.45) is 7.05 Å². The average molecular weight is 204 g/mol. The van der Waals surface area contributed by atoms with Crippen LogP contribution in [0.4, 0.5) is 11.6 Å². The number of aromatic nitrogens is 4. The zero-order valence-electron chi connectivity index (χ0n) is 8.38. The van der Waals surface area contributed by atoms with Gasteiger partial charge in [-0.25, -0.2) is 9.97 Å². The molecule has 0 bridgehead atoms. The van der Waals surface area contributed by atoms with Crippen molar-refractivity contribution < 1.29 is 0 Å². The van der Waals surface area contributed by atoms with Gasteiger partial charge in [0.1, 0.15) is 11.6 Å². The second kappa shape index (κ2) is 3.95. The average Bonchev–Trinajstić information content (AvgIpc) is 2.64. The van der Waals surface area contributed by atoms with Crippen LogP contribution in [0, 0.1) is 0 Å². The standard InChI is InChI=1S/C9H12N6/c1-15-3-2-7(14-15)4-12-9-6-11-8(10)5-13-9/h2-3,5-6H,4H2,1H3,(H2,10,11)(H,12,13). The highest BCUT2D eigenvalue weighted by Gasteiger charge is 1.98. The summed E-state index contributed by atoms with van der Waals surface area (Å²) < 4.78 is 1.76. The lowest BCUT2D eigenvalue weighted by atomic mass is 10.4. The molecule has 0 fully saturated rings. The third kappa shape index (κ3) is 2.43. The summed E-state index contributed by atoms with van der Waals surface area (Å²) in [6.45, 7) is 0.624. The Morgan fingerprint density at radius 1 is 1.40 bits per heavy atom. The summed E-state index contributed by atoms with van der Waals surface area (Å²) in [5.41, 5.74) is 6.37.